The van der Waals surface area contributed by atoms with Gasteiger partial charge in [0.25, 0.3) is 0 Å². The van der Waals surface area contributed by atoms with Gasteiger partial charge >= 0.3 is 0 Å². The van der Waals surface area contributed by atoms with Crippen molar-refractivity contribution in [3.63, 3.8) is 0 Å². The van der Waals surface area contributed by atoms with Gasteiger partial charge in [-0.2, -0.15) is 11.8 Å². The molecule has 0 aromatic heterocycles. The molecule has 1 aromatic rings. The minimum absolute atomic E-state index is 0.0505. The van der Waals surface area contributed by atoms with Crippen molar-refractivity contribution in [2.24, 2.45) is 5.73 Å². The topological polar surface area (TPSA) is 44.5 Å². The molecule has 1 atom stereocenters. The lowest BCUT2D eigenvalue weighted by molar-refractivity contribution is 0.297. The van der Waals surface area contributed by atoms with Gasteiger partial charge in [-0.25, -0.2) is 0 Å². The Morgan fingerprint density at radius 3 is 2.67 bits per heavy atom. The van der Waals surface area contributed by atoms with E-state index >= 15 is 0 Å². The third-order valence-corrected chi connectivity index (χ3v) is 4.03. The molecule has 3 nitrogen and oxygen atoms in total. The van der Waals surface area contributed by atoms with E-state index in [2.05, 4.69) is 13.8 Å². The Kier molecular flexibility index (Phi) is 4.78. The van der Waals surface area contributed by atoms with Crippen LogP contribution in [0.25, 0.3) is 0 Å². The minimum atomic E-state index is 0.0505. The SMILES string of the molecule is CC(C)SCC(N)c1ccc2c(c1)OCCCO2. The van der Waals surface area contributed by atoms with Crippen LogP contribution >= 0.6 is 11.8 Å². The molecule has 1 aliphatic rings. The lowest BCUT2D eigenvalue weighted by Gasteiger charge is -2.15. The molecule has 0 fully saturated rings. The van der Waals surface area contributed by atoms with Crippen LogP contribution in [0.1, 0.15) is 31.9 Å². The van der Waals surface area contributed by atoms with E-state index in [0.717, 1.165) is 35.8 Å². The first kappa shape index (κ1) is 13.6. The van der Waals surface area contributed by atoms with Crippen LogP contribution in [0.3, 0.4) is 0 Å². The molecule has 2 N–H and O–H groups in total. The number of fused-ring (bicyclic) bond motifs is 1. The number of nitrogens with two attached hydrogens (primary N) is 1. The fourth-order valence-corrected chi connectivity index (χ4v) is 2.59. The summed E-state index contributed by atoms with van der Waals surface area (Å²) in [6, 6.07) is 6.08. The van der Waals surface area contributed by atoms with Crippen molar-refractivity contribution in [2.75, 3.05) is 19.0 Å². The number of ether oxygens (including phenoxy) is 2. The van der Waals surface area contributed by atoms with Gasteiger partial charge in [0, 0.05) is 18.2 Å². The normalized spacial score (nSPS) is 16.4. The first-order valence-electron chi connectivity index (χ1n) is 6.43. The molecule has 0 amide bonds. The van der Waals surface area contributed by atoms with Gasteiger partial charge in [-0.1, -0.05) is 19.9 Å². The summed E-state index contributed by atoms with van der Waals surface area (Å²) in [4.78, 5) is 0. The molecule has 0 saturated carbocycles. The Bertz CT molecular complexity index is 395. The van der Waals surface area contributed by atoms with E-state index in [9.17, 15) is 0 Å². The lowest BCUT2D eigenvalue weighted by atomic mass is 10.1. The highest BCUT2D eigenvalue weighted by atomic mass is 32.2. The smallest absolute Gasteiger partial charge is 0.161 e. The van der Waals surface area contributed by atoms with Crippen molar-refractivity contribution < 1.29 is 9.47 Å². The summed E-state index contributed by atoms with van der Waals surface area (Å²) in [6.45, 7) is 5.81. The average molecular weight is 267 g/mol. The van der Waals surface area contributed by atoms with Gasteiger partial charge in [0.05, 0.1) is 13.2 Å². The summed E-state index contributed by atoms with van der Waals surface area (Å²) in [6.07, 6.45) is 0.930. The summed E-state index contributed by atoms with van der Waals surface area (Å²) in [5.41, 5.74) is 7.32. The molecule has 100 valence electrons. The molecule has 1 aromatic carbocycles. The van der Waals surface area contributed by atoms with Crippen molar-refractivity contribution in [3.05, 3.63) is 23.8 Å². The summed E-state index contributed by atoms with van der Waals surface area (Å²) in [5, 5.41) is 0.608. The maximum atomic E-state index is 6.20. The molecule has 1 aliphatic heterocycles. The van der Waals surface area contributed by atoms with E-state index in [1.54, 1.807) is 0 Å². The van der Waals surface area contributed by atoms with Gasteiger partial charge in [-0.05, 0) is 22.9 Å². The van der Waals surface area contributed by atoms with E-state index < -0.39 is 0 Å². The second-order valence-electron chi connectivity index (χ2n) is 4.75. The standard InChI is InChI=1S/C14H21NO2S/c1-10(2)18-9-12(15)11-4-5-13-14(8-11)17-7-3-6-16-13/h4-5,8,10,12H,3,6-7,9,15H2,1-2H3. The van der Waals surface area contributed by atoms with Crippen molar-refractivity contribution in [1.82, 2.24) is 0 Å². The first-order valence-corrected chi connectivity index (χ1v) is 7.48. The number of rotatable bonds is 4. The highest BCUT2D eigenvalue weighted by Crippen LogP contribution is 2.32. The molecular formula is C14H21NO2S. The van der Waals surface area contributed by atoms with Gasteiger partial charge < -0.3 is 15.2 Å². The molecule has 0 radical (unpaired) electrons. The quantitative estimate of drug-likeness (QED) is 0.911. The molecular weight excluding hydrogens is 246 g/mol. The summed E-state index contributed by atoms with van der Waals surface area (Å²) in [7, 11) is 0. The fourth-order valence-electron chi connectivity index (χ4n) is 1.80. The van der Waals surface area contributed by atoms with E-state index in [4.69, 9.17) is 15.2 Å². The molecule has 0 saturated heterocycles. The molecule has 1 unspecified atom stereocenters. The van der Waals surface area contributed by atoms with Gasteiger partial charge in [0.1, 0.15) is 0 Å². The van der Waals surface area contributed by atoms with Crippen molar-refractivity contribution in [3.8, 4) is 11.5 Å². The first-order chi connectivity index (χ1) is 8.66. The number of hydrogen-bond donors (Lipinski definition) is 1. The maximum absolute atomic E-state index is 6.20. The van der Waals surface area contributed by atoms with Gasteiger partial charge in [0.2, 0.25) is 0 Å². The lowest BCUT2D eigenvalue weighted by Crippen LogP contribution is -2.14. The monoisotopic (exact) mass is 267 g/mol. The van der Waals surface area contributed by atoms with Crippen LogP contribution in [0.15, 0.2) is 18.2 Å². The predicted octanol–water partition coefficient (Wildman–Crippen LogP) is 2.99. The van der Waals surface area contributed by atoms with E-state index in [1.165, 1.54) is 0 Å². The Morgan fingerprint density at radius 1 is 1.22 bits per heavy atom. The van der Waals surface area contributed by atoms with Gasteiger partial charge in [-0.15, -0.1) is 0 Å². The molecule has 0 aliphatic carbocycles. The van der Waals surface area contributed by atoms with Crippen LogP contribution in [0, 0.1) is 0 Å². The second kappa shape index (κ2) is 6.34. The zero-order valence-corrected chi connectivity index (χ0v) is 11.8. The maximum Gasteiger partial charge on any atom is 0.161 e. The zero-order valence-electron chi connectivity index (χ0n) is 11.0. The molecule has 0 bridgehead atoms. The second-order valence-corrected chi connectivity index (χ2v) is 6.35. The van der Waals surface area contributed by atoms with E-state index in [-0.39, 0.29) is 6.04 Å². The minimum Gasteiger partial charge on any atom is -0.490 e. The zero-order chi connectivity index (χ0) is 13.0. The summed E-state index contributed by atoms with van der Waals surface area (Å²) < 4.78 is 11.3. The van der Waals surface area contributed by atoms with E-state index in [1.807, 2.05) is 30.0 Å². The molecule has 0 spiro atoms. The van der Waals surface area contributed by atoms with E-state index in [0.29, 0.717) is 11.9 Å². The van der Waals surface area contributed by atoms with Crippen LogP contribution < -0.4 is 15.2 Å². The highest BCUT2D eigenvalue weighted by molar-refractivity contribution is 7.99. The fraction of sp³-hybridized carbons (Fsp3) is 0.571. The highest BCUT2D eigenvalue weighted by Gasteiger charge is 2.14. The van der Waals surface area contributed by atoms with Gasteiger partial charge in [0.15, 0.2) is 11.5 Å². The Labute approximate surface area is 113 Å². The van der Waals surface area contributed by atoms with Crippen molar-refractivity contribution in [2.45, 2.75) is 31.6 Å². The van der Waals surface area contributed by atoms with Crippen LogP contribution in [0.2, 0.25) is 0 Å². The van der Waals surface area contributed by atoms with Crippen LogP contribution in [-0.4, -0.2) is 24.2 Å². The molecule has 4 heteroatoms. The third-order valence-electron chi connectivity index (χ3n) is 2.81. The number of thioether (sulfide) groups is 1. The Morgan fingerprint density at radius 2 is 1.94 bits per heavy atom. The summed E-state index contributed by atoms with van der Waals surface area (Å²) >= 11 is 1.88. The number of hydrogen-bond acceptors (Lipinski definition) is 4. The van der Waals surface area contributed by atoms with Gasteiger partial charge in [-0.3, -0.25) is 0 Å². The Balaban J connectivity index is 2.07. The third kappa shape index (κ3) is 3.56. The predicted molar refractivity (Wildman–Crippen MR) is 76.6 cm³/mol. The van der Waals surface area contributed by atoms with Crippen LogP contribution in [-0.2, 0) is 0 Å². The molecule has 1 heterocycles. The largest absolute Gasteiger partial charge is 0.490 e. The average Bonchev–Trinajstić information content (AvgIpc) is 2.60. The number of benzene rings is 1. The van der Waals surface area contributed by atoms with Crippen molar-refractivity contribution in [1.29, 1.82) is 0 Å². The molecule has 2 rings (SSSR count). The summed E-state index contributed by atoms with van der Waals surface area (Å²) in [5.74, 6) is 2.59. The Hall–Kier alpha value is -0.870. The molecule has 18 heavy (non-hydrogen) atoms. The van der Waals surface area contributed by atoms with Crippen LogP contribution in [0.4, 0.5) is 0 Å². The van der Waals surface area contributed by atoms with Crippen molar-refractivity contribution >= 4 is 11.8 Å². The van der Waals surface area contributed by atoms with Crippen LogP contribution in [0.5, 0.6) is 11.5 Å².